The molecule has 3 N–H and O–H groups in total. The second kappa shape index (κ2) is 5.25. The summed E-state index contributed by atoms with van der Waals surface area (Å²) in [5.74, 6) is 6.44. The van der Waals surface area contributed by atoms with Gasteiger partial charge in [0.05, 0.1) is 0 Å². The topological polar surface area (TPSA) is 53.6 Å². The number of rotatable bonds is 1. The minimum atomic E-state index is 0.295. The highest BCUT2D eigenvalue weighted by Crippen LogP contribution is 2.46. The Morgan fingerprint density at radius 3 is 2.24 bits per heavy atom. The van der Waals surface area contributed by atoms with Gasteiger partial charge in [-0.2, -0.15) is 0 Å². The minimum absolute atomic E-state index is 0.295. The van der Waals surface area contributed by atoms with Crippen molar-refractivity contribution < 1.29 is 0 Å². The van der Waals surface area contributed by atoms with Gasteiger partial charge in [-0.15, -0.1) is 0 Å². The Morgan fingerprint density at radius 2 is 1.76 bits per heavy atom. The van der Waals surface area contributed by atoms with E-state index in [9.17, 15) is 0 Å². The predicted molar refractivity (Wildman–Crippen MR) is 71.6 cm³/mol. The van der Waals surface area contributed by atoms with E-state index in [2.05, 4.69) is 29.2 Å². The van der Waals surface area contributed by atoms with E-state index in [1.807, 2.05) is 0 Å². The molecule has 1 saturated heterocycles. The molecule has 1 spiro atoms. The van der Waals surface area contributed by atoms with E-state index < -0.39 is 0 Å². The van der Waals surface area contributed by atoms with Gasteiger partial charge < -0.3 is 4.90 Å². The van der Waals surface area contributed by atoms with Crippen LogP contribution in [0.5, 0.6) is 0 Å². The highest BCUT2D eigenvalue weighted by atomic mass is 15.4. The van der Waals surface area contributed by atoms with Gasteiger partial charge in [0.25, 0.3) is 0 Å². The first-order valence-corrected chi connectivity index (χ1v) is 6.95. The van der Waals surface area contributed by atoms with Crippen LogP contribution >= 0.6 is 0 Å². The van der Waals surface area contributed by atoms with Crippen molar-refractivity contribution in [2.24, 2.45) is 16.3 Å². The summed E-state index contributed by atoms with van der Waals surface area (Å²) in [4.78, 5) is 6.85. The van der Waals surface area contributed by atoms with Gasteiger partial charge >= 0.3 is 0 Å². The molecule has 2 fully saturated rings. The van der Waals surface area contributed by atoms with Crippen LogP contribution in [0.1, 0.15) is 52.4 Å². The second-order valence-corrected chi connectivity index (χ2v) is 5.88. The number of aliphatic imine (C=N–C) groups is 1. The van der Waals surface area contributed by atoms with Crippen molar-refractivity contribution in [1.29, 1.82) is 0 Å². The summed E-state index contributed by atoms with van der Waals surface area (Å²) in [6.07, 6.45) is 8.36. The highest BCUT2D eigenvalue weighted by molar-refractivity contribution is 5.79. The summed E-state index contributed by atoms with van der Waals surface area (Å²) in [7, 11) is 0. The van der Waals surface area contributed by atoms with Crippen LogP contribution in [0.2, 0.25) is 0 Å². The van der Waals surface area contributed by atoms with Crippen LogP contribution in [-0.2, 0) is 0 Å². The summed E-state index contributed by atoms with van der Waals surface area (Å²) < 4.78 is 0. The molecule has 1 aliphatic carbocycles. The minimum Gasteiger partial charge on any atom is -0.342 e. The van der Waals surface area contributed by atoms with Crippen LogP contribution in [-0.4, -0.2) is 30.0 Å². The first-order chi connectivity index (χ1) is 8.15. The molecule has 0 radical (unpaired) electrons. The highest BCUT2D eigenvalue weighted by Gasteiger charge is 2.37. The molecular formula is C13H26N4. The maximum Gasteiger partial charge on any atom is 0.208 e. The molecule has 0 aromatic rings. The number of hydrazine groups is 1. The quantitative estimate of drug-likeness (QED) is 0.317. The lowest BCUT2D eigenvalue weighted by Gasteiger charge is -2.40. The largest absolute Gasteiger partial charge is 0.342 e. The van der Waals surface area contributed by atoms with Gasteiger partial charge in [-0.1, -0.05) is 12.8 Å². The second-order valence-electron chi connectivity index (χ2n) is 5.88. The molecule has 0 amide bonds. The molecule has 4 heteroatoms. The fourth-order valence-electron chi connectivity index (χ4n) is 3.27. The fraction of sp³-hybridized carbons (Fsp3) is 0.923. The van der Waals surface area contributed by atoms with Gasteiger partial charge in [0.15, 0.2) is 0 Å². The maximum atomic E-state index is 5.57. The maximum absolute atomic E-state index is 5.57. The van der Waals surface area contributed by atoms with Gasteiger partial charge in [0.2, 0.25) is 5.96 Å². The number of piperidine rings is 1. The van der Waals surface area contributed by atoms with E-state index in [1.54, 1.807) is 0 Å². The standard InChI is InChI=1S/C13H26N4/c1-11(2)15-12(16-14)17-9-7-13(8-10-17)5-3-4-6-13/h11H,3-10,14H2,1-2H3,(H,15,16). The smallest absolute Gasteiger partial charge is 0.208 e. The Hall–Kier alpha value is -0.770. The van der Waals surface area contributed by atoms with Crippen molar-refractivity contribution >= 4 is 5.96 Å². The van der Waals surface area contributed by atoms with Crippen LogP contribution < -0.4 is 11.3 Å². The first-order valence-electron chi connectivity index (χ1n) is 6.95. The lowest BCUT2D eigenvalue weighted by atomic mass is 9.77. The third kappa shape index (κ3) is 2.92. The van der Waals surface area contributed by atoms with E-state index in [0.29, 0.717) is 11.5 Å². The number of hydrogen-bond donors (Lipinski definition) is 2. The van der Waals surface area contributed by atoms with Crippen LogP contribution in [0.4, 0.5) is 0 Å². The predicted octanol–water partition coefficient (Wildman–Crippen LogP) is 1.87. The van der Waals surface area contributed by atoms with E-state index in [0.717, 1.165) is 19.0 Å². The molecule has 4 nitrogen and oxygen atoms in total. The molecule has 1 aliphatic heterocycles. The molecule has 2 rings (SSSR count). The molecule has 1 heterocycles. The summed E-state index contributed by atoms with van der Waals surface area (Å²) in [6.45, 7) is 6.38. The average molecular weight is 238 g/mol. The number of guanidine groups is 1. The summed E-state index contributed by atoms with van der Waals surface area (Å²) in [6, 6.07) is 0.295. The molecule has 0 unspecified atom stereocenters. The van der Waals surface area contributed by atoms with Crippen molar-refractivity contribution in [2.75, 3.05) is 13.1 Å². The molecule has 1 saturated carbocycles. The molecule has 17 heavy (non-hydrogen) atoms. The van der Waals surface area contributed by atoms with Gasteiger partial charge in [-0.3, -0.25) is 5.43 Å². The van der Waals surface area contributed by atoms with Gasteiger partial charge in [-0.05, 0) is 44.9 Å². The zero-order valence-electron chi connectivity index (χ0n) is 11.2. The third-order valence-electron chi connectivity index (χ3n) is 4.30. The number of nitrogens with zero attached hydrogens (tertiary/aromatic N) is 2. The molecule has 0 aromatic heterocycles. The Morgan fingerprint density at radius 1 is 1.18 bits per heavy atom. The van der Waals surface area contributed by atoms with Crippen molar-refractivity contribution in [2.45, 2.75) is 58.4 Å². The normalized spacial score (nSPS) is 24.7. The van der Waals surface area contributed by atoms with E-state index in [4.69, 9.17) is 5.84 Å². The summed E-state index contributed by atoms with van der Waals surface area (Å²) in [5.41, 5.74) is 3.42. The number of nitrogens with two attached hydrogens (primary N) is 1. The Kier molecular flexibility index (Phi) is 3.92. The van der Waals surface area contributed by atoms with Gasteiger partial charge in [-0.25, -0.2) is 10.8 Å². The van der Waals surface area contributed by atoms with Crippen molar-refractivity contribution in [3.05, 3.63) is 0 Å². The van der Waals surface area contributed by atoms with E-state index in [-0.39, 0.29) is 0 Å². The average Bonchev–Trinajstić information content (AvgIpc) is 2.76. The third-order valence-corrected chi connectivity index (χ3v) is 4.30. The van der Waals surface area contributed by atoms with Crippen molar-refractivity contribution in [3.63, 3.8) is 0 Å². The number of nitrogens with one attached hydrogen (secondary N) is 1. The van der Waals surface area contributed by atoms with Gasteiger partial charge in [0.1, 0.15) is 0 Å². The summed E-state index contributed by atoms with van der Waals surface area (Å²) in [5, 5.41) is 0. The van der Waals surface area contributed by atoms with Crippen LogP contribution in [0.15, 0.2) is 4.99 Å². The molecular weight excluding hydrogens is 212 g/mol. The Balaban J connectivity index is 1.93. The lowest BCUT2D eigenvalue weighted by molar-refractivity contribution is 0.151. The summed E-state index contributed by atoms with van der Waals surface area (Å²) >= 11 is 0. The van der Waals surface area contributed by atoms with E-state index >= 15 is 0 Å². The molecule has 2 aliphatic rings. The van der Waals surface area contributed by atoms with Crippen molar-refractivity contribution in [3.8, 4) is 0 Å². The molecule has 0 aromatic carbocycles. The monoisotopic (exact) mass is 238 g/mol. The van der Waals surface area contributed by atoms with Crippen LogP contribution in [0.3, 0.4) is 0 Å². The number of likely N-dealkylation sites (tertiary alicyclic amines) is 1. The van der Waals surface area contributed by atoms with Gasteiger partial charge in [0, 0.05) is 19.1 Å². The fourth-order valence-corrected chi connectivity index (χ4v) is 3.27. The molecule has 98 valence electrons. The zero-order valence-corrected chi connectivity index (χ0v) is 11.2. The zero-order chi connectivity index (χ0) is 12.3. The van der Waals surface area contributed by atoms with Crippen LogP contribution in [0.25, 0.3) is 0 Å². The first kappa shape index (κ1) is 12.7. The molecule has 0 atom stereocenters. The number of hydrogen-bond acceptors (Lipinski definition) is 2. The van der Waals surface area contributed by atoms with Crippen molar-refractivity contribution in [1.82, 2.24) is 10.3 Å². The lowest BCUT2D eigenvalue weighted by Crippen LogP contribution is -2.50. The SMILES string of the molecule is CC(C)N=C(NN)N1CCC2(CCCC2)CC1. The van der Waals surface area contributed by atoms with Crippen LogP contribution in [0, 0.1) is 5.41 Å². The van der Waals surface area contributed by atoms with E-state index in [1.165, 1.54) is 38.5 Å². The molecule has 0 bridgehead atoms. The Labute approximate surface area is 105 Å². The Bertz CT molecular complexity index is 269.